The van der Waals surface area contributed by atoms with Crippen molar-refractivity contribution in [2.75, 3.05) is 39.5 Å². The number of aliphatic hydroxyl groups excluding tert-OH is 1. The van der Waals surface area contributed by atoms with Gasteiger partial charge in [0.1, 0.15) is 5.82 Å². The number of halogens is 1. The van der Waals surface area contributed by atoms with Crippen molar-refractivity contribution in [1.82, 2.24) is 8.61 Å². The van der Waals surface area contributed by atoms with Crippen LogP contribution in [-0.4, -0.2) is 59.2 Å². The minimum Gasteiger partial charge on any atom is -0.395 e. The number of morpholine rings is 1. The topological polar surface area (TPSA) is 35.9 Å². The second-order valence-electron chi connectivity index (χ2n) is 5.51. The van der Waals surface area contributed by atoms with Gasteiger partial charge in [0.25, 0.3) is 0 Å². The number of hydrogen-bond donors (Lipinski definition) is 1. The van der Waals surface area contributed by atoms with Gasteiger partial charge in [0, 0.05) is 43.7 Å². The maximum Gasteiger partial charge on any atom is 0.126 e. The summed E-state index contributed by atoms with van der Waals surface area (Å²) in [5.41, 5.74) is 0.765. The second-order valence-corrected chi connectivity index (χ2v) is 6.66. The highest BCUT2D eigenvalue weighted by Crippen LogP contribution is 2.37. The zero-order chi connectivity index (χ0) is 14.7. The number of benzene rings is 1. The molecule has 1 aromatic carbocycles. The number of nitrogens with zero attached hydrogens (tertiary/aromatic N) is 2. The SMILES string of the molecule is OCC1CC(c2ccccc2F)CN1SN1CCOCC1. The van der Waals surface area contributed by atoms with E-state index < -0.39 is 0 Å². The van der Waals surface area contributed by atoms with Gasteiger partial charge >= 0.3 is 0 Å². The molecule has 6 heteroatoms. The van der Waals surface area contributed by atoms with E-state index >= 15 is 0 Å². The van der Waals surface area contributed by atoms with Gasteiger partial charge in [-0.1, -0.05) is 18.2 Å². The van der Waals surface area contributed by atoms with Crippen molar-refractivity contribution in [3.63, 3.8) is 0 Å². The van der Waals surface area contributed by atoms with Gasteiger partial charge in [0.15, 0.2) is 0 Å². The molecule has 2 saturated heterocycles. The highest BCUT2D eigenvalue weighted by Gasteiger charge is 2.35. The van der Waals surface area contributed by atoms with Gasteiger partial charge < -0.3 is 9.84 Å². The Morgan fingerprint density at radius 1 is 1.29 bits per heavy atom. The predicted octanol–water partition coefficient (Wildman–Crippen LogP) is 1.87. The van der Waals surface area contributed by atoms with Gasteiger partial charge in [0.05, 0.1) is 19.8 Å². The Bertz CT molecular complexity index is 471. The zero-order valence-electron chi connectivity index (χ0n) is 11.9. The van der Waals surface area contributed by atoms with Gasteiger partial charge in [-0.3, -0.25) is 0 Å². The fourth-order valence-corrected chi connectivity index (χ4v) is 4.10. The summed E-state index contributed by atoms with van der Waals surface area (Å²) in [6, 6.07) is 7.06. The highest BCUT2D eigenvalue weighted by atomic mass is 32.2. The molecule has 0 spiro atoms. The normalized spacial score (nSPS) is 28.1. The summed E-state index contributed by atoms with van der Waals surface area (Å²) in [4.78, 5) is 0. The van der Waals surface area contributed by atoms with E-state index in [1.165, 1.54) is 6.07 Å². The summed E-state index contributed by atoms with van der Waals surface area (Å²) < 4.78 is 23.8. The van der Waals surface area contributed by atoms with Gasteiger partial charge in [-0.25, -0.2) is 13.0 Å². The van der Waals surface area contributed by atoms with Crippen LogP contribution in [0.1, 0.15) is 17.9 Å². The lowest BCUT2D eigenvalue weighted by molar-refractivity contribution is 0.0752. The van der Waals surface area contributed by atoms with Crippen LogP contribution in [-0.2, 0) is 4.74 Å². The molecule has 1 aromatic rings. The first kappa shape index (κ1) is 15.2. The molecule has 2 aliphatic heterocycles. The van der Waals surface area contributed by atoms with Crippen LogP contribution >= 0.6 is 12.1 Å². The van der Waals surface area contributed by atoms with E-state index in [0.29, 0.717) is 0 Å². The summed E-state index contributed by atoms with van der Waals surface area (Å²) in [6.45, 7) is 4.17. The summed E-state index contributed by atoms with van der Waals surface area (Å²) >= 11 is 1.67. The molecule has 1 N–H and O–H groups in total. The number of hydrogen-bond acceptors (Lipinski definition) is 5. The minimum atomic E-state index is -0.141. The monoisotopic (exact) mass is 312 g/mol. The Morgan fingerprint density at radius 2 is 2.05 bits per heavy atom. The van der Waals surface area contributed by atoms with Crippen LogP contribution in [0.5, 0.6) is 0 Å². The molecule has 2 unspecified atom stereocenters. The smallest absolute Gasteiger partial charge is 0.126 e. The quantitative estimate of drug-likeness (QED) is 0.859. The molecule has 0 saturated carbocycles. The van der Waals surface area contributed by atoms with Crippen molar-refractivity contribution in [3.05, 3.63) is 35.6 Å². The Balaban J connectivity index is 1.66. The molecule has 0 radical (unpaired) electrons. The van der Waals surface area contributed by atoms with Crippen molar-refractivity contribution >= 4 is 12.1 Å². The molecule has 2 fully saturated rings. The molecule has 2 atom stereocenters. The molecule has 116 valence electrons. The molecule has 4 nitrogen and oxygen atoms in total. The number of ether oxygens (including phenoxy) is 1. The molecule has 0 amide bonds. The first-order valence-electron chi connectivity index (χ1n) is 7.40. The van der Waals surface area contributed by atoms with Crippen LogP contribution in [0.15, 0.2) is 24.3 Å². The van der Waals surface area contributed by atoms with Crippen LogP contribution in [0.25, 0.3) is 0 Å². The summed E-state index contributed by atoms with van der Waals surface area (Å²) in [7, 11) is 0. The third kappa shape index (κ3) is 3.57. The molecular formula is C15H21FN2O2S. The average Bonchev–Trinajstić information content (AvgIpc) is 2.91. The van der Waals surface area contributed by atoms with Crippen molar-refractivity contribution in [2.24, 2.45) is 0 Å². The largest absolute Gasteiger partial charge is 0.395 e. The Labute approximate surface area is 129 Å². The summed E-state index contributed by atoms with van der Waals surface area (Å²) in [6.07, 6.45) is 0.800. The third-order valence-electron chi connectivity index (χ3n) is 4.11. The van der Waals surface area contributed by atoms with Crippen molar-refractivity contribution in [2.45, 2.75) is 18.4 Å². The lowest BCUT2D eigenvalue weighted by atomic mass is 9.96. The summed E-state index contributed by atoms with van der Waals surface area (Å²) in [5.74, 6) is 0.00861. The summed E-state index contributed by atoms with van der Waals surface area (Å²) in [5, 5.41) is 9.61. The Kier molecular flexibility index (Phi) is 5.13. The maximum atomic E-state index is 13.9. The average molecular weight is 312 g/mol. The standard InChI is InChI=1S/C15H21FN2O2S/c16-15-4-2-1-3-14(15)12-9-13(11-19)18(10-12)21-17-5-7-20-8-6-17/h1-4,12-13,19H,5-11H2. The lowest BCUT2D eigenvalue weighted by Gasteiger charge is -2.31. The molecule has 0 aliphatic carbocycles. The maximum absolute atomic E-state index is 13.9. The zero-order valence-corrected chi connectivity index (χ0v) is 12.8. The van der Waals surface area contributed by atoms with Gasteiger partial charge in [-0.2, -0.15) is 0 Å². The van der Waals surface area contributed by atoms with Crippen LogP contribution in [0.4, 0.5) is 4.39 Å². The molecule has 21 heavy (non-hydrogen) atoms. The Hall–Kier alpha value is -0.660. The van der Waals surface area contributed by atoms with E-state index in [1.807, 2.05) is 12.1 Å². The fraction of sp³-hybridized carbons (Fsp3) is 0.600. The van der Waals surface area contributed by atoms with E-state index in [-0.39, 0.29) is 24.4 Å². The van der Waals surface area contributed by atoms with E-state index in [2.05, 4.69) is 8.61 Å². The van der Waals surface area contributed by atoms with Gasteiger partial charge in [-0.05, 0) is 18.1 Å². The molecule has 0 aromatic heterocycles. The Morgan fingerprint density at radius 3 is 2.76 bits per heavy atom. The van der Waals surface area contributed by atoms with Crippen LogP contribution in [0, 0.1) is 5.82 Å². The molecule has 0 bridgehead atoms. The van der Waals surface area contributed by atoms with Crippen molar-refractivity contribution < 1.29 is 14.2 Å². The third-order valence-corrected chi connectivity index (χ3v) is 5.36. The van der Waals surface area contributed by atoms with E-state index in [1.54, 1.807) is 18.2 Å². The number of rotatable bonds is 4. The van der Waals surface area contributed by atoms with Crippen LogP contribution in [0.3, 0.4) is 0 Å². The van der Waals surface area contributed by atoms with Gasteiger partial charge in [-0.15, -0.1) is 0 Å². The van der Waals surface area contributed by atoms with Crippen molar-refractivity contribution in [3.8, 4) is 0 Å². The number of aliphatic hydroxyl groups is 1. The van der Waals surface area contributed by atoms with E-state index in [4.69, 9.17) is 4.74 Å². The predicted molar refractivity (Wildman–Crippen MR) is 81.3 cm³/mol. The lowest BCUT2D eigenvalue weighted by Crippen LogP contribution is -2.37. The van der Waals surface area contributed by atoms with E-state index in [0.717, 1.165) is 44.8 Å². The molecule has 3 rings (SSSR count). The molecule has 2 heterocycles. The molecular weight excluding hydrogens is 291 g/mol. The first-order valence-corrected chi connectivity index (χ1v) is 8.13. The van der Waals surface area contributed by atoms with Crippen LogP contribution in [0.2, 0.25) is 0 Å². The van der Waals surface area contributed by atoms with Gasteiger partial charge in [0.2, 0.25) is 0 Å². The molecule has 2 aliphatic rings. The highest BCUT2D eigenvalue weighted by molar-refractivity contribution is 7.94. The van der Waals surface area contributed by atoms with Crippen LogP contribution < -0.4 is 0 Å². The second kappa shape index (κ2) is 7.07. The van der Waals surface area contributed by atoms with Crippen molar-refractivity contribution in [1.29, 1.82) is 0 Å². The van der Waals surface area contributed by atoms with E-state index in [9.17, 15) is 9.50 Å². The fourth-order valence-electron chi connectivity index (χ4n) is 2.96. The first-order chi connectivity index (χ1) is 10.3. The minimum absolute atomic E-state index is 0.0856.